The van der Waals surface area contributed by atoms with Crippen molar-refractivity contribution in [3.05, 3.63) is 30.0 Å². The lowest BCUT2D eigenvalue weighted by Gasteiger charge is -2.57. The molecule has 2 heteroatoms. The second-order valence-corrected chi connectivity index (χ2v) is 9.93. The molecule has 4 aliphatic rings. The van der Waals surface area contributed by atoms with Gasteiger partial charge in [0.1, 0.15) is 11.8 Å². The second kappa shape index (κ2) is 4.80. The van der Waals surface area contributed by atoms with Crippen LogP contribution < -0.4 is 5.32 Å². The molecule has 4 aliphatic carbocycles. The van der Waals surface area contributed by atoms with Crippen LogP contribution in [0.15, 0.2) is 28.9 Å². The summed E-state index contributed by atoms with van der Waals surface area (Å²) in [7, 11) is 0. The Labute approximate surface area is 145 Å². The molecule has 128 valence electrons. The topological polar surface area (TPSA) is 25.2 Å². The van der Waals surface area contributed by atoms with Gasteiger partial charge in [-0.25, -0.2) is 0 Å². The summed E-state index contributed by atoms with van der Waals surface area (Å²) in [6.45, 7) is 6.77. The predicted octanol–water partition coefficient (Wildman–Crippen LogP) is 6.11. The van der Waals surface area contributed by atoms with Crippen LogP contribution in [0.1, 0.15) is 64.9 Å². The lowest BCUT2D eigenvalue weighted by Crippen LogP contribution is -2.54. The normalized spacial score (nSPS) is 34.9. The van der Waals surface area contributed by atoms with E-state index in [2.05, 4.69) is 44.3 Å². The lowest BCUT2D eigenvalue weighted by molar-refractivity contribution is 0.0107. The Morgan fingerprint density at radius 1 is 1.00 bits per heavy atom. The molecule has 1 aromatic heterocycles. The summed E-state index contributed by atoms with van der Waals surface area (Å²) in [4.78, 5) is 0. The molecule has 2 nitrogen and oxygen atoms in total. The van der Waals surface area contributed by atoms with Crippen LogP contribution in [-0.4, -0.2) is 5.54 Å². The van der Waals surface area contributed by atoms with Gasteiger partial charge < -0.3 is 9.73 Å². The van der Waals surface area contributed by atoms with E-state index in [1.165, 1.54) is 55.2 Å². The van der Waals surface area contributed by atoms with Gasteiger partial charge >= 0.3 is 0 Å². The largest absolute Gasteiger partial charge is 0.462 e. The molecular weight excluding hydrogens is 294 g/mol. The fourth-order valence-electron chi connectivity index (χ4n) is 6.14. The molecule has 0 unspecified atom stereocenters. The van der Waals surface area contributed by atoms with Gasteiger partial charge in [0, 0.05) is 10.9 Å². The first-order valence-corrected chi connectivity index (χ1v) is 9.70. The Balaban J connectivity index is 1.47. The van der Waals surface area contributed by atoms with Crippen LogP contribution in [0.4, 0.5) is 5.69 Å². The molecule has 0 atom stereocenters. The average Bonchev–Trinajstić information content (AvgIpc) is 2.87. The van der Waals surface area contributed by atoms with Crippen molar-refractivity contribution >= 4 is 16.7 Å². The monoisotopic (exact) mass is 323 g/mol. The van der Waals surface area contributed by atoms with Crippen molar-refractivity contribution in [2.24, 2.45) is 17.8 Å². The van der Waals surface area contributed by atoms with Gasteiger partial charge in [-0.05, 0) is 79.4 Å². The zero-order valence-electron chi connectivity index (χ0n) is 15.2. The summed E-state index contributed by atoms with van der Waals surface area (Å²) >= 11 is 0. The quantitative estimate of drug-likeness (QED) is 0.721. The van der Waals surface area contributed by atoms with Crippen molar-refractivity contribution in [1.29, 1.82) is 0 Å². The molecule has 0 radical (unpaired) electrons. The second-order valence-electron chi connectivity index (χ2n) is 9.93. The van der Waals surface area contributed by atoms with Crippen LogP contribution in [0.25, 0.3) is 11.0 Å². The number of fused-ring (bicyclic) bond motifs is 1. The number of furan rings is 1. The minimum absolute atomic E-state index is 0.161. The van der Waals surface area contributed by atoms with Gasteiger partial charge in [0.05, 0.1) is 5.69 Å². The molecule has 1 aromatic carbocycles. The third-order valence-corrected chi connectivity index (χ3v) is 6.88. The van der Waals surface area contributed by atoms with Crippen LogP contribution >= 0.6 is 0 Å². The SMILES string of the molecule is CC(C)(C)c1ccc2c(NC34CC5CC(CC(C5)C3)C4)coc2c1. The van der Waals surface area contributed by atoms with E-state index in [0.717, 1.165) is 23.3 Å². The first kappa shape index (κ1) is 14.9. The third-order valence-electron chi connectivity index (χ3n) is 6.88. The fourth-order valence-corrected chi connectivity index (χ4v) is 6.14. The molecule has 2 aromatic rings. The van der Waals surface area contributed by atoms with Crippen molar-refractivity contribution in [1.82, 2.24) is 0 Å². The maximum Gasteiger partial charge on any atom is 0.136 e. The first-order valence-electron chi connectivity index (χ1n) is 9.70. The zero-order valence-corrected chi connectivity index (χ0v) is 15.2. The highest BCUT2D eigenvalue weighted by Gasteiger charge is 2.51. The Morgan fingerprint density at radius 3 is 2.21 bits per heavy atom. The number of rotatable bonds is 2. The average molecular weight is 323 g/mol. The molecular formula is C22H29NO. The lowest BCUT2D eigenvalue weighted by atomic mass is 9.53. The van der Waals surface area contributed by atoms with E-state index in [1.54, 1.807) is 0 Å². The predicted molar refractivity (Wildman–Crippen MR) is 99.4 cm³/mol. The van der Waals surface area contributed by atoms with Gasteiger partial charge in [-0.15, -0.1) is 0 Å². The van der Waals surface area contributed by atoms with Crippen molar-refractivity contribution in [2.45, 2.75) is 70.3 Å². The zero-order chi connectivity index (χ0) is 16.5. The van der Waals surface area contributed by atoms with E-state index in [4.69, 9.17) is 4.42 Å². The fraction of sp³-hybridized carbons (Fsp3) is 0.636. The van der Waals surface area contributed by atoms with Crippen molar-refractivity contribution < 1.29 is 4.42 Å². The summed E-state index contributed by atoms with van der Waals surface area (Å²) < 4.78 is 5.94. The van der Waals surface area contributed by atoms with Gasteiger partial charge in [-0.3, -0.25) is 0 Å². The van der Waals surface area contributed by atoms with Gasteiger partial charge in [-0.1, -0.05) is 26.8 Å². The van der Waals surface area contributed by atoms with Gasteiger partial charge in [0.2, 0.25) is 0 Å². The molecule has 4 saturated carbocycles. The summed E-state index contributed by atoms with van der Waals surface area (Å²) in [6.07, 6.45) is 10.5. The van der Waals surface area contributed by atoms with Crippen molar-refractivity contribution in [3.8, 4) is 0 Å². The number of benzene rings is 1. The number of hydrogen-bond acceptors (Lipinski definition) is 2. The Hall–Kier alpha value is -1.44. The van der Waals surface area contributed by atoms with Crippen molar-refractivity contribution in [3.63, 3.8) is 0 Å². The third kappa shape index (κ3) is 2.29. The van der Waals surface area contributed by atoms with Crippen LogP contribution in [0.3, 0.4) is 0 Å². The Bertz CT molecular complexity index is 744. The minimum Gasteiger partial charge on any atom is -0.462 e. The number of anilines is 1. The first-order chi connectivity index (χ1) is 11.4. The van der Waals surface area contributed by atoms with E-state index in [1.807, 2.05) is 6.26 Å². The molecule has 1 heterocycles. The molecule has 24 heavy (non-hydrogen) atoms. The van der Waals surface area contributed by atoms with Crippen LogP contribution in [0.5, 0.6) is 0 Å². The van der Waals surface area contributed by atoms with Gasteiger partial charge in [-0.2, -0.15) is 0 Å². The van der Waals surface area contributed by atoms with Crippen LogP contribution in [0, 0.1) is 17.8 Å². The van der Waals surface area contributed by atoms with Gasteiger partial charge in [0.25, 0.3) is 0 Å². The van der Waals surface area contributed by atoms with Crippen LogP contribution in [0.2, 0.25) is 0 Å². The number of hydrogen-bond donors (Lipinski definition) is 1. The maximum atomic E-state index is 5.94. The molecule has 4 fully saturated rings. The number of nitrogens with one attached hydrogen (secondary N) is 1. The summed E-state index contributed by atoms with van der Waals surface area (Å²) in [6, 6.07) is 6.74. The minimum atomic E-state index is 0.161. The van der Waals surface area contributed by atoms with E-state index in [0.29, 0.717) is 5.54 Å². The smallest absolute Gasteiger partial charge is 0.136 e. The van der Waals surface area contributed by atoms with E-state index in [9.17, 15) is 0 Å². The summed E-state index contributed by atoms with van der Waals surface area (Å²) in [5.74, 6) is 2.90. The Kier molecular flexibility index (Phi) is 2.98. The molecule has 0 amide bonds. The molecule has 0 aliphatic heterocycles. The molecule has 1 N–H and O–H groups in total. The van der Waals surface area contributed by atoms with E-state index in [-0.39, 0.29) is 5.41 Å². The Morgan fingerprint density at radius 2 is 1.62 bits per heavy atom. The highest BCUT2D eigenvalue weighted by Crippen LogP contribution is 2.56. The molecule has 0 spiro atoms. The maximum absolute atomic E-state index is 5.94. The molecule has 0 saturated heterocycles. The molecule has 6 rings (SSSR count). The standard InChI is InChI=1S/C22H29NO/c1-21(2,3)17-4-5-18-19(13-24-20(18)9-17)23-22-10-14-6-15(11-22)8-16(7-14)12-22/h4-5,9,13-16,23H,6-8,10-12H2,1-3H3. The molecule has 4 bridgehead atoms. The summed E-state index contributed by atoms with van der Waals surface area (Å²) in [5.41, 5.74) is 4.08. The van der Waals surface area contributed by atoms with Crippen molar-refractivity contribution in [2.75, 3.05) is 5.32 Å². The van der Waals surface area contributed by atoms with Crippen LogP contribution in [-0.2, 0) is 5.41 Å². The van der Waals surface area contributed by atoms with E-state index >= 15 is 0 Å². The highest BCUT2D eigenvalue weighted by molar-refractivity contribution is 5.91. The van der Waals surface area contributed by atoms with Gasteiger partial charge in [0.15, 0.2) is 0 Å². The van der Waals surface area contributed by atoms with E-state index < -0.39 is 0 Å². The highest BCUT2D eigenvalue weighted by atomic mass is 16.3. The summed E-state index contributed by atoms with van der Waals surface area (Å²) in [5, 5.41) is 5.22.